The van der Waals surface area contributed by atoms with Gasteiger partial charge in [0.15, 0.2) is 0 Å². The highest BCUT2D eigenvalue weighted by Crippen LogP contribution is 2.19. The van der Waals surface area contributed by atoms with Crippen molar-refractivity contribution in [3.8, 4) is 0 Å². The third-order valence-corrected chi connectivity index (χ3v) is 3.30. The van der Waals surface area contributed by atoms with Gasteiger partial charge in [-0.05, 0) is 43.3 Å². The number of carbonyl (C=O) groups is 1. The molecule has 86 valence electrons. The van der Waals surface area contributed by atoms with Gasteiger partial charge in [0.1, 0.15) is 0 Å². The fourth-order valence-electron chi connectivity index (χ4n) is 1.67. The van der Waals surface area contributed by atoms with Gasteiger partial charge in [-0.25, -0.2) is 0 Å². The van der Waals surface area contributed by atoms with Crippen molar-refractivity contribution < 1.29 is 4.79 Å². The minimum Gasteiger partial charge on any atom is -0.326 e. The summed E-state index contributed by atoms with van der Waals surface area (Å²) in [5.41, 5.74) is 0.800. The van der Waals surface area contributed by atoms with Crippen LogP contribution in [0.5, 0.6) is 0 Å². The van der Waals surface area contributed by atoms with E-state index in [-0.39, 0.29) is 11.8 Å². The molecule has 4 heteroatoms. The summed E-state index contributed by atoms with van der Waals surface area (Å²) in [6.07, 6.45) is 0. The molecule has 1 atom stereocenters. The highest BCUT2D eigenvalue weighted by Gasteiger charge is 2.28. The van der Waals surface area contributed by atoms with Gasteiger partial charge in [0, 0.05) is 16.6 Å². The molecule has 0 aliphatic carbocycles. The van der Waals surface area contributed by atoms with Crippen LogP contribution in [-0.4, -0.2) is 19.0 Å². The average Bonchev–Trinajstić information content (AvgIpc) is 2.19. The van der Waals surface area contributed by atoms with Crippen molar-refractivity contribution in [2.24, 2.45) is 11.8 Å². The van der Waals surface area contributed by atoms with Gasteiger partial charge in [-0.2, -0.15) is 0 Å². The van der Waals surface area contributed by atoms with E-state index < -0.39 is 0 Å². The Bertz CT molecular complexity index is 373. The maximum absolute atomic E-state index is 11.9. The topological polar surface area (TPSA) is 41.1 Å². The fraction of sp³-hybridized carbons (Fsp3) is 0.417. The van der Waals surface area contributed by atoms with Crippen LogP contribution >= 0.6 is 11.6 Å². The SMILES string of the molecule is CC(C(=O)Nc1ccc(Cl)cc1)C1CNC1. The molecule has 0 aromatic heterocycles. The molecule has 0 radical (unpaired) electrons. The monoisotopic (exact) mass is 238 g/mol. The zero-order valence-electron chi connectivity index (χ0n) is 9.16. The molecular weight excluding hydrogens is 224 g/mol. The Morgan fingerprint density at radius 3 is 2.56 bits per heavy atom. The number of hydrogen-bond acceptors (Lipinski definition) is 2. The van der Waals surface area contributed by atoms with Crippen molar-refractivity contribution in [1.82, 2.24) is 5.32 Å². The van der Waals surface area contributed by atoms with E-state index in [9.17, 15) is 4.79 Å². The van der Waals surface area contributed by atoms with Gasteiger partial charge in [0.05, 0.1) is 0 Å². The van der Waals surface area contributed by atoms with Crippen LogP contribution in [0.2, 0.25) is 5.02 Å². The molecule has 1 aromatic carbocycles. The second-order valence-electron chi connectivity index (χ2n) is 4.20. The van der Waals surface area contributed by atoms with Gasteiger partial charge in [-0.1, -0.05) is 18.5 Å². The van der Waals surface area contributed by atoms with Gasteiger partial charge in [-0.15, -0.1) is 0 Å². The fourth-order valence-corrected chi connectivity index (χ4v) is 1.79. The van der Waals surface area contributed by atoms with Crippen LogP contribution in [0, 0.1) is 11.8 Å². The van der Waals surface area contributed by atoms with Crippen molar-refractivity contribution >= 4 is 23.2 Å². The first-order chi connectivity index (χ1) is 7.66. The summed E-state index contributed by atoms with van der Waals surface area (Å²) in [7, 11) is 0. The van der Waals surface area contributed by atoms with E-state index in [4.69, 9.17) is 11.6 Å². The summed E-state index contributed by atoms with van der Waals surface area (Å²) < 4.78 is 0. The second-order valence-corrected chi connectivity index (χ2v) is 4.64. The molecule has 1 amide bonds. The summed E-state index contributed by atoms with van der Waals surface area (Å²) in [6.45, 7) is 3.85. The van der Waals surface area contributed by atoms with Crippen LogP contribution in [0.1, 0.15) is 6.92 Å². The highest BCUT2D eigenvalue weighted by atomic mass is 35.5. The average molecular weight is 239 g/mol. The quantitative estimate of drug-likeness (QED) is 0.847. The van der Waals surface area contributed by atoms with Crippen molar-refractivity contribution in [2.45, 2.75) is 6.92 Å². The van der Waals surface area contributed by atoms with Crippen molar-refractivity contribution in [3.63, 3.8) is 0 Å². The predicted molar refractivity (Wildman–Crippen MR) is 65.6 cm³/mol. The Morgan fingerprint density at radius 2 is 2.06 bits per heavy atom. The molecule has 1 aromatic rings. The minimum atomic E-state index is 0.0527. The molecule has 1 unspecified atom stereocenters. The molecule has 0 saturated carbocycles. The van der Waals surface area contributed by atoms with Crippen LogP contribution in [0.4, 0.5) is 5.69 Å². The Morgan fingerprint density at radius 1 is 1.44 bits per heavy atom. The lowest BCUT2D eigenvalue weighted by molar-refractivity contribution is -0.121. The number of rotatable bonds is 3. The van der Waals surface area contributed by atoms with E-state index in [1.54, 1.807) is 12.1 Å². The van der Waals surface area contributed by atoms with Crippen molar-refractivity contribution in [1.29, 1.82) is 0 Å². The van der Waals surface area contributed by atoms with Gasteiger partial charge in [0.25, 0.3) is 0 Å². The van der Waals surface area contributed by atoms with Gasteiger partial charge < -0.3 is 10.6 Å². The number of anilines is 1. The van der Waals surface area contributed by atoms with Crippen LogP contribution in [0.25, 0.3) is 0 Å². The molecule has 2 N–H and O–H groups in total. The molecule has 1 aliphatic heterocycles. The van der Waals surface area contributed by atoms with Crippen molar-refractivity contribution in [3.05, 3.63) is 29.3 Å². The van der Waals surface area contributed by atoms with Crippen LogP contribution < -0.4 is 10.6 Å². The van der Waals surface area contributed by atoms with Crippen LogP contribution in [0.3, 0.4) is 0 Å². The molecule has 2 rings (SSSR count). The van der Waals surface area contributed by atoms with E-state index in [1.807, 2.05) is 19.1 Å². The van der Waals surface area contributed by atoms with Gasteiger partial charge in [-0.3, -0.25) is 4.79 Å². The third-order valence-electron chi connectivity index (χ3n) is 3.05. The predicted octanol–water partition coefficient (Wildman–Crippen LogP) is 2.13. The lowest BCUT2D eigenvalue weighted by Crippen LogP contribution is -2.48. The van der Waals surface area contributed by atoms with E-state index >= 15 is 0 Å². The summed E-state index contributed by atoms with van der Waals surface area (Å²) in [5.74, 6) is 0.595. The Kier molecular flexibility index (Phi) is 3.46. The van der Waals surface area contributed by atoms with E-state index in [2.05, 4.69) is 10.6 Å². The molecule has 1 heterocycles. The zero-order chi connectivity index (χ0) is 11.5. The largest absolute Gasteiger partial charge is 0.326 e. The summed E-state index contributed by atoms with van der Waals surface area (Å²) in [6, 6.07) is 7.16. The van der Waals surface area contributed by atoms with Gasteiger partial charge in [0.2, 0.25) is 5.91 Å². The molecule has 16 heavy (non-hydrogen) atoms. The van der Waals surface area contributed by atoms with E-state index in [0.29, 0.717) is 10.9 Å². The molecule has 3 nitrogen and oxygen atoms in total. The Labute approximate surface area is 100 Å². The maximum Gasteiger partial charge on any atom is 0.227 e. The molecular formula is C12H15ClN2O. The smallest absolute Gasteiger partial charge is 0.227 e. The first-order valence-corrected chi connectivity index (χ1v) is 5.82. The molecule has 1 aliphatic rings. The molecule has 1 fully saturated rings. The summed E-state index contributed by atoms with van der Waals surface area (Å²) in [4.78, 5) is 11.9. The second kappa shape index (κ2) is 4.85. The van der Waals surface area contributed by atoms with Crippen LogP contribution in [-0.2, 0) is 4.79 Å². The number of carbonyl (C=O) groups excluding carboxylic acids is 1. The number of halogens is 1. The van der Waals surface area contributed by atoms with Crippen molar-refractivity contribution in [2.75, 3.05) is 18.4 Å². The number of nitrogens with one attached hydrogen (secondary N) is 2. The molecule has 0 spiro atoms. The van der Waals surface area contributed by atoms with E-state index in [0.717, 1.165) is 18.8 Å². The third kappa shape index (κ3) is 2.54. The molecule has 0 bridgehead atoms. The first-order valence-electron chi connectivity index (χ1n) is 5.44. The lowest BCUT2D eigenvalue weighted by atomic mass is 9.88. The summed E-state index contributed by atoms with van der Waals surface area (Å²) >= 11 is 5.77. The summed E-state index contributed by atoms with van der Waals surface area (Å²) in [5, 5.41) is 6.74. The Balaban J connectivity index is 1.93. The maximum atomic E-state index is 11.9. The Hall–Kier alpha value is -1.06. The number of amides is 1. The van der Waals surface area contributed by atoms with E-state index in [1.165, 1.54) is 0 Å². The number of hydrogen-bond donors (Lipinski definition) is 2. The highest BCUT2D eigenvalue weighted by molar-refractivity contribution is 6.30. The first kappa shape index (κ1) is 11.4. The lowest BCUT2D eigenvalue weighted by Gasteiger charge is -2.31. The normalized spacial score (nSPS) is 17.6. The standard InChI is InChI=1S/C12H15ClN2O/c1-8(9-6-14-7-9)12(16)15-11-4-2-10(13)3-5-11/h2-5,8-9,14H,6-7H2,1H3,(H,15,16). The zero-order valence-corrected chi connectivity index (χ0v) is 9.92. The molecule has 1 saturated heterocycles. The number of benzene rings is 1. The van der Waals surface area contributed by atoms with Crippen LogP contribution in [0.15, 0.2) is 24.3 Å². The minimum absolute atomic E-state index is 0.0527. The van der Waals surface area contributed by atoms with Gasteiger partial charge >= 0.3 is 0 Å².